The first-order valence-electron chi connectivity index (χ1n) is 8.36. The number of halogens is 1. The molecule has 2 aromatic carbocycles. The number of nitrogens with zero attached hydrogens (tertiary/aromatic N) is 1. The molecule has 0 atom stereocenters. The molecular formula is C20H19FN2O5. The van der Waals surface area contributed by atoms with Gasteiger partial charge in [0, 0.05) is 11.6 Å². The SMILES string of the molecule is COc1cc(C(=O)NCc2cc(-c3ccccc3F)on2)cc(OC)c1OC. The predicted octanol–water partition coefficient (Wildman–Crippen LogP) is 3.44. The van der Waals surface area contributed by atoms with E-state index in [1.165, 1.54) is 27.4 Å². The van der Waals surface area contributed by atoms with Gasteiger partial charge in [-0.15, -0.1) is 0 Å². The lowest BCUT2D eigenvalue weighted by Crippen LogP contribution is -2.23. The van der Waals surface area contributed by atoms with Crippen molar-refractivity contribution in [3.8, 4) is 28.6 Å². The Labute approximate surface area is 161 Å². The Morgan fingerprint density at radius 3 is 2.36 bits per heavy atom. The molecule has 3 rings (SSSR count). The number of methoxy groups -OCH3 is 3. The number of nitrogens with one attached hydrogen (secondary N) is 1. The Hall–Kier alpha value is -3.55. The minimum Gasteiger partial charge on any atom is -0.493 e. The van der Waals surface area contributed by atoms with Crippen LogP contribution in [-0.4, -0.2) is 32.4 Å². The van der Waals surface area contributed by atoms with E-state index in [1.54, 1.807) is 36.4 Å². The zero-order valence-electron chi connectivity index (χ0n) is 15.6. The highest BCUT2D eigenvalue weighted by molar-refractivity contribution is 5.95. The molecule has 3 aromatic rings. The molecule has 1 heterocycles. The van der Waals surface area contributed by atoms with Crippen molar-refractivity contribution in [1.82, 2.24) is 10.5 Å². The molecule has 0 aliphatic rings. The summed E-state index contributed by atoms with van der Waals surface area (Å²) in [7, 11) is 4.43. The van der Waals surface area contributed by atoms with Crippen molar-refractivity contribution < 1.29 is 27.9 Å². The number of ether oxygens (including phenoxy) is 3. The van der Waals surface area contributed by atoms with Crippen LogP contribution in [0.5, 0.6) is 17.2 Å². The molecule has 0 aliphatic carbocycles. The summed E-state index contributed by atoms with van der Waals surface area (Å²) in [6.45, 7) is 0.105. The van der Waals surface area contributed by atoms with E-state index in [2.05, 4.69) is 10.5 Å². The summed E-state index contributed by atoms with van der Waals surface area (Å²) in [5.41, 5.74) is 1.09. The summed E-state index contributed by atoms with van der Waals surface area (Å²) >= 11 is 0. The fourth-order valence-electron chi connectivity index (χ4n) is 2.67. The Balaban J connectivity index is 1.74. The molecule has 0 saturated heterocycles. The van der Waals surface area contributed by atoms with Gasteiger partial charge >= 0.3 is 0 Å². The third-order valence-electron chi connectivity index (χ3n) is 4.06. The first-order valence-corrected chi connectivity index (χ1v) is 8.36. The number of benzene rings is 2. The summed E-state index contributed by atoms with van der Waals surface area (Å²) in [5.74, 6) is 0.648. The van der Waals surface area contributed by atoms with E-state index in [1.807, 2.05) is 0 Å². The van der Waals surface area contributed by atoms with Gasteiger partial charge in [-0.1, -0.05) is 17.3 Å². The quantitative estimate of drug-likeness (QED) is 0.670. The number of carbonyl (C=O) groups is 1. The molecule has 0 aliphatic heterocycles. The molecule has 0 fully saturated rings. The van der Waals surface area contributed by atoms with Crippen molar-refractivity contribution in [3.05, 3.63) is 59.5 Å². The van der Waals surface area contributed by atoms with Gasteiger partial charge < -0.3 is 24.1 Å². The molecule has 8 heteroatoms. The van der Waals surface area contributed by atoms with Crippen LogP contribution in [0.25, 0.3) is 11.3 Å². The van der Waals surface area contributed by atoms with Crippen LogP contribution in [0.1, 0.15) is 16.1 Å². The minimum absolute atomic E-state index is 0.105. The largest absolute Gasteiger partial charge is 0.493 e. The fourth-order valence-corrected chi connectivity index (χ4v) is 2.67. The van der Waals surface area contributed by atoms with E-state index in [9.17, 15) is 9.18 Å². The summed E-state index contributed by atoms with van der Waals surface area (Å²) in [6.07, 6.45) is 0. The van der Waals surface area contributed by atoms with Crippen molar-refractivity contribution in [1.29, 1.82) is 0 Å². The number of hydrogen-bond donors (Lipinski definition) is 1. The summed E-state index contributed by atoms with van der Waals surface area (Å²) < 4.78 is 34.7. The van der Waals surface area contributed by atoms with Gasteiger partial charge in [-0.25, -0.2) is 4.39 Å². The predicted molar refractivity (Wildman–Crippen MR) is 99.2 cm³/mol. The molecule has 146 valence electrons. The minimum atomic E-state index is -0.411. The summed E-state index contributed by atoms with van der Waals surface area (Å²) in [5, 5.41) is 6.60. The van der Waals surface area contributed by atoms with Crippen LogP contribution in [-0.2, 0) is 6.54 Å². The number of aromatic nitrogens is 1. The van der Waals surface area contributed by atoms with Crippen molar-refractivity contribution in [2.24, 2.45) is 0 Å². The van der Waals surface area contributed by atoms with Gasteiger partial charge in [0.15, 0.2) is 17.3 Å². The van der Waals surface area contributed by atoms with Gasteiger partial charge in [-0.2, -0.15) is 0 Å². The van der Waals surface area contributed by atoms with Gasteiger partial charge in [0.1, 0.15) is 11.5 Å². The van der Waals surface area contributed by atoms with E-state index in [-0.39, 0.29) is 18.2 Å². The van der Waals surface area contributed by atoms with Crippen LogP contribution in [0.4, 0.5) is 4.39 Å². The van der Waals surface area contributed by atoms with Gasteiger partial charge in [0.05, 0.1) is 33.4 Å². The molecule has 28 heavy (non-hydrogen) atoms. The Bertz CT molecular complexity index is 961. The molecule has 1 aromatic heterocycles. The number of rotatable bonds is 7. The fraction of sp³-hybridized carbons (Fsp3) is 0.200. The maximum absolute atomic E-state index is 13.8. The second-order valence-electron chi connectivity index (χ2n) is 5.76. The highest BCUT2D eigenvalue weighted by Gasteiger charge is 2.17. The number of carbonyl (C=O) groups excluding carboxylic acids is 1. The topological polar surface area (TPSA) is 82.8 Å². The maximum atomic E-state index is 13.8. The van der Waals surface area contributed by atoms with Gasteiger partial charge in [0.25, 0.3) is 5.91 Å². The molecule has 1 N–H and O–H groups in total. The lowest BCUT2D eigenvalue weighted by molar-refractivity contribution is 0.0949. The number of hydrogen-bond acceptors (Lipinski definition) is 6. The number of amides is 1. The van der Waals surface area contributed by atoms with Gasteiger partial charge in [0.2, 0.25) is 5.75 Å². The monoisotopic (exact) mass is 386 g/mol. The molecule has 0 radical (unpaired) electrons. The van der Waals surface area contributed by atoms with E-state index in [0.717, 1.165) is 0 Å². The van der Waals surface area contributed by atoms with Crippen LogP contribution in [0.15, 0.2) is 47.0 Å². The third kappa shape index (κ3) is 3.90. The lowest BCUT2D eigenvalue weighted by Gasteiger charge is -2.13. The molecular weight excluding hydrogens is 367 g/mol. The van der Waals surface area contributed by atoms with E-state index >= 15 is 0 Å². The molecule has 7 nitrogen and oxygen atoms in total. The van der Waals surface area contributed by atoms with Crippen LogP contribution >= 0.6 is 0 Å². The van der Waals surface area contributed by atoms with Crippen molar-refractivity contribution in [3.63, 3.8) is 0 Å². The molecule has 0 bridgehead atoms. The maximum Gasteiger partial charge on any atom is 0.251 e. The van der Waals surface area contributed by atoms with Crippen LogP contribution in [0.3, 0.4) is 0 Å². The molecule has 0 unspecified atom stereocenters. The Kier molecular flexibility index (Phi) is 5.78. The van der Waals surface area contributed by atoms with E-state index in [0.29, 0.717) is 34.1 Å². The highest BCUT2D eigenvalue weighted by Crippen LogP contribution is 2.38. The molecule has 0 saturated carbocycles. The zero-order valence-corrected chi connectivity index (χ0v) is 15.6. The summed E-state index contributed by atoms with van der Waals surface area (Å²) in [4.78, 5) is 12.5. The Morgan fingerprint density at radius 1 is 1.07 bits per heavy atom. The van der Waals surface area contributed by atoms with Crippen molar-refractivity contribution >= 4 is 5.91 Å². The Morgan fingerprint density at radius 2 is 1.75 bits per heavy atom. The average Bonchev–Trinajstić information content (AvgIpc) is 3.19. The van der Waals surface area contributed by atoms with Crippen LogP contribution in [0, 0.1) is 5.82 Å². The summed E-state index contributed by atoms with van der Waals surface area (Å²) in [6, 6.07) is 10.9. The first kappa shape index (κ1) is 19.2. The average molecular weight is 386 g/mol. The van der Waals surface area contributed by atoms with Crippen LogP contribution in [0.2, 0.25) is 0 Å². The van der Waals surface area contributed by atoms with Crippen LogP contribution < -0.4 is 19.5 Å². The molecule has 1 amide bonds. The second-order valence-corrected chi connectivity index (χ2v) is 5.76. The standard InChI is InChI=1S/C20H19FN2O5/c1-25-17-8-12(9-18(26-2)19(17)27-3)20(24)22-11-13-10-16(28-23-13)14-6-4-5-7-15(14)21/h4-10H,11H2,1-3H3,(H,22,24). The normalized spacial score (nSPS) is 10.4. The van der Waals surface area contributed by atoms with Gasteiger partial charge in [-0.05, 0) is 24.3 Å². The highest BCUT2D eigenvalue weighted by atomic mass is 19.1. The second kappa shape index (κ2) is 8.43. The smallest absolute Gasteiger partial charge is 0.251 e. The van der Waals surface area contributed by atoms with E-state index in [4.69, 9.17) is 18.7 Å². The first-order chi connectivity index (χ1) is 13.6. The molecule has 0 spiro atoms. The van der Waals surface area contributed by atoms with Gasteiger partial charge in [-0.3, -0.25) is 4.79 Å². The lowest BCUT2D eigenvalue weighted by atomic mass is 10.1. The van der Waals surface area contributed by atoms with Crippen molar-refractivity contribution in [2.45, 2.75) is 6.54 Å². The third-order valence-corrected chi connectivity index (χ3v) is 4.06. The zero-order chi connectivity index (χ0) is 20.1. The van der Waals surface area contributed by atoms with Crippen molar-refractivity contribution in [2.75, 3.05) is 21.3 Å². The van der Waals surface area contributed by atoms with E-state index < -0.39 is 5.82 Å².